The molecule has 2 N–H and O–H groups in total. The highest BCUT2D eigenvalue weighted by molar-refractivity contribution is 4.97. The van der Waals surface area contributed by atoms with Crippen LogP contribution in [0.15, 0.2) is 0 Å². The lowest BCUT2D eigenvalue weighted by molar-refractivity contribution is 0.0386. The Kier molecular flexibility index (Phi) is 2.61. The fraction of sp³-hybridized carbons (Fsp3) is 1.00. The maximum absolute atomic E-state index is 6.47. The first-order valence-corrected chi connectivity index (χ1v) is 5.57. The van der Waals surface area contributed by atoms with E-state index in [0.29, 0.717) is 0 Å². The molecule has 0 aromatic heterocycles. The van der Waals surface area contributed by atoms with Crippen molar-refractivity contribution in [2.75, 3.05) is 13.2 Å². The van der Waals surface area contributed by atoms with Crippen LogP contribution in [0, 0.1) is 11.8 Å². The molecule has 1 heterocycles. The highest BCUT2D eigenvalue weighted by Crippen LogP contribution is 2.41. The van der Waals surface area contributed by atoms with Crippen molar-refractivity contribution in [3.05, 3.63) is 0 Å². The summed E-state index contributed by atoms with van der Waals surface area (Å²) < 4.78 is 5.38. The molecule has 0 aromatic rings. The molecule has 2 rings (SSSR count). The topological polar surface area (TPSA) is 35.2 Å². The first-order chi connectivity index (χ1) is 6.21. The third kappa shape index (κ3) is 1.89. The molecule has 2 nitrogen and oxygen atoms in total. The second kappa shape index (κ2) is 3.58. The zero-order valence-electron chi connectivity index (χ0n) is 8.59. The van der Waals surface area contributed by atoms with Crippen LogP contribution in [0.25, 0.3) is 0 Å². The van der Waals surface area contributed by atoms with Gasteiger partial charge in [-0.3, -0.25) is 0 Å². The largest absolute Gasteiger partial charge is 0.381 e. The molecule has 0 spiro atoms. The van der Waals surface area contributed by atoms with Gasteiger partial charge in [0.2, 0.25) is 0 Å². The Morgan fingerprint density at radius 1 is 1.23 bits per heavy atom. The molecule has 2 unspecified atom stereocenters. The van der Waals surface area contributed by atoms with Crippen LogP contribution in [-0.4, -0.2) is 18.8 Å². The molecule has 0 amide bonds. The van der Waals surface area contributed by atoms with E-state index in [1.165, 1.54) is 32.1 Å². The Balaban J connectivity index is 1.97. The molecular formula is C11H21NO. The molecule has 1 saturated heterocycles. The summed E-state index contributed by atoms with van der Waals surface area (Å²) in [5, 5.41) is 0. The van der Waals surface area contributed by atoms with Crippen molar-refractivity contribution in [2.45, 2.75) is 44.6 Å². The molecule has 1 saturated carbocycles. The van der Waals surface area contributed by atoms with Gasteiger partial charge >= 0.3 is 0 Å². The lowest BCUT2D eigenvalue weighted by Gasteiger charge is -2.36. The second-order valence-electron chi connectivity index (χ2n) is 4.97. The van der Waals surface area contributed by atoms with Gasteiger partial charge < -0.3 is 10.5 Å². The summed E-state index contributed by atoms with van der Waals surface area (Å²) in [6.07, 6.45) is 6.16. The van der Waals surface area contributed by atoms with Crippen LogP contribution >= 0.6 is 0 Å². The average Bonchev–Trinajstić information content (AvgIpc) is 2.49. The molecule has 76 valence electrons. The fourth-order valence-corrected chi connectivity index (χ4v) is 3.01. The SMILES string of the molecule is CC1CCC(N)(C2CCOCC2)C1. The minimum Gasteiger partial charge on any atom is -0.381 e. The summed E-state index contributed by atoms with van der Waals surface area (Å²) in [7, 11) is 0. The average molecular weight is 183 g/mol. The van der Waals surface area contributed by atoms with Crippen LogP contribution in [-0.2, 0) is 4.74 Å². The van der Waals surface area contributed by atoms with Gasteiger partial charge in [0.15, 0.2) is 0 Å². The molecule has 1 aliphatic carbocycles. The second-order valence-corrected chi connectivity index (χ2v) is 4.97. The molecule has 0 aromatic carbocycles. The lowest BCUT2D eigenvalue weighted by Crippen LogP contribution is -2.47. The first-order valence-electron chi connectivity index (χ1n) is 5.57. The monoisotopic (exact) mass is 183 g/mol. The van der Waals surface area contributed by atoms with E-state index in [1.54, 1.807) is 0 Å². The quantitative estimate of drug-likeness (QED) is 0.674. The molecule has 2 heteroatoms. The number of rotatable bonds is 1. The van der Waals surface area contributed by atoms with Crippen molar-refractivity contribution < 1.29 is 4.74 Å². The number of nitrogens with two attached hydrogens (primary N) is 1. The van der Waals surface area contributed by atoms with Crippen LogP contribution < -0.4 is 5.73 Å². The Morgan fingerprint density at radius 3 is 2.46 bits per heavy atom. The fourth-order valence-electron chi connectivity index (χ4n) is 3.01. The van der Waals surface area contributed by atoms with E-state index < -0.39 is 0 Å². The molecule has 13 heavy (non-hydrogen) atoms. The maximum atomic E-state index is 6.47. The molecule has 0 bridgehead atoms. The van der Waals surface area contributed by atoms with Gasteiger partial charge in [0.05, 0.1) is 0 Å². The zero-order valence-corrected chi connectivity index (χ0v) is 8.59. The summed E-state index contributed by atoms with van der Waals surface area (Å²) in [6.45, 7) is 4.18. The molecule has 0 radical (unpaired) electrons. The third-order valence-corrected chi connectivity index (χ3v) is 3.87. The highest BCUT2D eigenvalue weighted by atomic mass is 16.5. The van der Waals surface area contributed by atoms with Crippen LogP contribution in [0.4, 0.5) is 0 Å². The highest BCUT2D eigenvalue weighted by Gasteiger charge is 2.40. The van der Waals surface area contributed by atoms with Gasteiger partial charge in [-0.2, -0.15) is 0 Å². The summed E-state index contributed by atoms with van der Waals surface area (Å²) >= 11 is 0. The van der Waals surface area contributed by atoms with Crippen molar-refractivity contribution in [1.29, 1.82) is 0 Å². The molecular weight excluding hydrogens is 162 g/mol. The van der Waals surface area contributed by atoms with Gasteiger partial charge in [-0.1, -0.05) is 6.92 Å². The summed E-state index contributed by atoms with van der Waals surface area (Å²) in [6, 6.07) is 0. The minimum atomic E-state index is 0.156. The van der Waals surface area contributed by atoms with E-state index in [2.05, 4.69) is 6.92 Å². The summed E-state index contributed by atoms with van der Waals surface area (Å²) in [5.41, 5.74) is 6.62. The van der Waals surface area contributed by atoms with E-state index in [1.807, 2.05) is 0 Å². The van der Waals surface area contributed by atoms with Crippen molar-refractivity contribution >= 4 is 0 Å². The van der Waals surface area contributed by atoms with Crippen LogP contribution in [0.2, 0.25) is 0 Å². The zero-order chi connectivity index (χ0) is 9.31. The predicted molar refractivity (Wildman–Crippen MR) is 53.5 cm³/mol. The Hall–Kier alpha value is -0.0800. The first kappa shape index (κ1) is 9.47. The normalized spacial score (nSPS) is 42.5. The van der Waals surface area contributed by atoms with Crippen LogP contribution in [0.3, 0.4) is 0 Å². The van der Waals surface area contributed by atoms with Gasteiger partial charge in [0.1, 0.15) is 0 Å². The Morgan fingerprint density at radius 2 is 1.92 bits per heavy atom. The van der Waals surface area contributed by atoms with E-state index in [9.17, 15) is 0 Å². The number of hydrogen-bond acceptors (Lipinski definition) is 2. The van der Waals surface area contributed by atoms with Gasteiger partial charge in [0, 0.05) is 18.8 Å². The van der Waals surface area contributed by atoms with E-state index in [0.717, 1.165) is 25.0 Å². The van der Waals surface area contributed by atoms with E-state index in [-0.39, 0.29) is 5.54 Å². The molecule has 2 aliphatic rings. The van der Waals surface area contributed by atoms with E-state index >= 15 is 0 Å². The van der Waals surface area contributed by atoms with Crippen LogP contribution in [0.1, 0.15) is 39.0 Å². The minimum absolute atomic E-state index is 0.156. The van der Waals surface area contributed by atoms with Crippen LogP contribution in [0.5, 0.6) is 0 Å². The van der Waals surface area contributed by atoms with Gasteiger partial charge in [-0.15, -0.1) is 0 Å². The van der Waals surface area contributed by atoms with Gasteiger partial charge in [0.25, 0.3) is 0 Å². The third-order valence-electron chi connectivity index (χ3n) is 3.87. The van der Waals surface area contributed by atoms with Crippen molar-refractivity contribution in [2.24, 2.45) is 17.6 Å². The summed E-state index contributed by atoms with van der Waals surface area (Å²) in [5.74, 6) is 1.57. The van der Waals surface area contributed by atoms with Crippen molar-refractivity contribution in [3.8, 4) is 0 Å². The van der Waals surface area contributed by atoms with Crippen molar-refractivity contribution in [1.82, 2.24) is 0 Å². The van der Waals surface area contributed by atoms with Crippen molar-refractivity contribution in [3.63, 3.8) is 0 Å². The number of hydrogen-bond donors (Lipinski definition) is 1. The maximum Gasteiger partial charge on any atom is 0.0469 e. The molecule has 2 atom stereocenters. The summed E-state index contributed by atoms with van der Waals surface area (Å²) in [4.78, 5) is 0. The molecule has 1 aliphatic heterocycles. The smallest absolute Gasteiger partial charge is 0.0469 e. The van der Waals surface area contributed by atoms with Gasteiger partial charge in [-0.25, -0.2) is 0 Å². The number of ether oxygens (including phenoxy) is 1. The Labute approximate surface area is 80.8 Å². The van der Waals surface area contributed by atoms with Gasteiger partial charge in [-0.05, 0) is 43.9 Å². The molecule has 2 fully saturated rings. The standard InChI is InChI=1S/C11H21NO/c1-9-2-5-11(12,8-9)10-3-6-13-7-4-10/h9-10H,2-8,12H2,1H3. The Bertz CT molecular complexity index is 177. The lowest BCUT2D eigenvalue weighted by atomic mass is 9.78. The van der Waals surface area contributed by atoms with E-state index in [4.69, 9.17) is 10.5 Å². The predicted octanol–water partition coefficient (Wildman–Crippen LogP) is 1.93.